The number of nitrogens with zero attached hydrogens (tertiary/aromatic N) is 4. The summed E-state index contributed by atoms with van der Waals surface area (Å²) in [7, 11) is -4.38. The molecule has 2 heterocycles. The topological polar surface area (TPSA) is 89.8 Å². The summed E-state index contributed by atoms with van der Waals surface area (Å²) in [6.45, 7) is -0.306. The summed E-state index contributed by atoms with van der Waals surface area (Å²) < 4.78 is 67.1. The molecule has 26 heavy (non-hydrogen) atoms. The Kier molecular flexibility index (Phi) is 4.74. The molecule has 0 spiro atoms. The molecule has 0 radical (unpaired) electrons. The number of benzene rings is 1. The van der Waals surface area contributed by atoms with Crippen molar-refractivity contribution in [1.82, 2.24) is 24.7 Å². The van der Waals surface area contributed by atoms with Crippen molar-refractivity contribution in [3.63, 3.8) is 0 Å². The summed E-state index contributed by atoms with van der Waals surface area (Å²) in [5.41, 5.74) is -0.327. The summed E-state index contributed by atoms with van der Waals surface area (Å²) >= 11 is 0. The summed E-state index contributed by atoms with van der Waals surface area (Å²) in [5.74, 6) is 0. The highest BCUT2D eigenvalue weighted by atomic mass is 32.2. The maximum absolute atomic E-state index is 13.0. The van der Waals surface area contributed by atoms with Gasteiger partial charge in [-0.25, -0.2) is 17.8 Å². The van der Waals surface area contributed by atoms with Crippen molar-refractivity contribution in [2.45, 2.75) is 17.6 Å². The molecule has 0 saturated carbocycles. The Morgan fingerprint density at radius 1 is 1.08 bits per heavy atom. The number of nitrogens with one attached hydrogen (secondary N) is 1. The molecular formula is C15H12F3N5O2S. The first-order valence-electron chi connectivity index (χ1n) is 7.25. The van der Waals surface area contributed by atoms with E-state index >= 15 is 0 Å². The van der Waals surface area contributed by atoms with Crippen LogP contribution in [0.5, 0.6) is 0 Å². The van der Waals surface area contributed by atoms with E-state index in [0.717, 1.165) is 12.1 Å². The maximum Gasteiger partial charge on any atom is 0.417 e. The highest BCUT2D eigenvalue weighted by Crippen LogP contribution is 2.33. The average Bonchev–Trinajstić information content (AvgIpc) is 3.09. The van der Waals surface area contributed by atoms with Gasteiger partial charge in [0.25, 0.3) is 0 Å². The van der Waals surface area contributed by atoms with E-state index < -0.39 is 26.7 Å². The lowest BCUT2D eigenvalue weighted by Crippen LogP contribution is -2.26. The highest BCUT2D eigenvalue weighted by Gasteiger charge is 2.36. The second-order valence-electron chi connectivity index (χ2n) is 5.18. The van der Waals surface area contributed by atoms with Crippen LogP contribution in [0.25, 0.3) is 5.69 Å². The Balaban J connectivity index is 1.79. The van der Waals surface area contributed by atoms with Crippen LogP contribution in [-0.4, -0.2) is 28.4 Å². The molecule has 3 aromatic rings. The predicted octanol–water partition coefficient (Wildman–Crippen LogP) is 2.16. The van der Waals surface area contributed by atoms with E-state index in [4.69, 9.17) is 0 Å². The number of hydrogen-bond donors (Lipinski definition) is 1. The summed E-state index contributed by atoms with van der Waals surface area (Å²) in [6.07, 6.45) is -0.218. The van der Waals surface area contributed by atoms with Crippen molar-refractivity contribution in [2.75, 3.05) is 0 Å². The number of aromatic nitrogens is 4. The smallest absolute Gasteiger partial charge is 0.265 e. The van der Waals surface area contributed by atoms with Crippen molar-refractivity contribution >= 4 is 10.0 Å². The number of rotatable bonds is 5. The van der Waals surface area contributed by atoms with E-state index in [1.807, 2.05) is 0 Å². The van der Waals surface area contributed by atoms with Crippen LogP contribution in [0, 0.1) is 0 Å². The largest absolute Gasteiger partial charge is 0.417 e. The van der Waals surface area contributed by atoms with Crippen molar-refractivity contribution in [3.8, 4) is 5.69 Å². The first kappa shape index (κ1) is 18.0. The minimum atomic E-state index is -4.78. The molecule has 136 valence electrons. The van der Waals surface area contributed by atoms with Gasteiger partial charge in [-0.05, 0) is 24.3 Å². The first-order chi connectivity index (χ1) is 12.3. The molecule has 0 amide bonds. The lowest BCUT2D eigenvalue weighted by Gasteiger charge is -2.13. The van der Waals surface area contributed by atoms with Crippen LogP contribution in [0.2, 0.25) is 0 Å². The van der Waals surface area contributed by atoms with Crippen LogP contribution < -0.4 is 4.72 Å². The fraction of sp³-hybridized carbons (Fsp3) is 0.133. The van der Waals surface area contributed by atoms with Gasteiger partial charge >= 0.3 is 6.18 Å². The monoisotopic (exact) mass is 383 g/mol. The molecule has 0 unspecified atom stereocenters. The second kappa shape index (κ2) is 6.84. The minimum Gasteiger partial charge on any atom is -0.265 e. The second-order valence-corrected chi connectivity index (χ2v) is 6.91. The Hall–Kier alpha value is -2.79. The van der Waals surface area contributed by atoms with Gasteiger partial charge < -0.3 is 0 Å². The van der Waals surface area contributed by atoms with Crippen molar-refractivity contribution in [1.29, 1.82) is 0 Å². The van der Waals surface area contributed by atoms with E-state index in [0.29, 0.717) is 11.8 Å². The van der Waals surface area contributed by atoms with Crippen molar-refractivity contribution in [2.24, 2.45) is 0 Å². The van der Waals surface area contributed by atoms with Gasteiger partial charge in [0.15, 0.2) is 0 Å². The zero-order valence-electron chi connectivity index (χ0n) is 13.1. The van der Waals surface area contributed by atoms with Gasteiger partial charge in [-0.15, -0.1) is 5.10 Å². The summed E-state index contributed by atoms with van der Waals surface area (Å²) in [4.78, 5) is 3.02. The lowest BCUT2D eigenvalue weighted by molar-refractivity contribution is -0.139. The molecule has 0 fully saturated rings. The fourth-order valence-corrected chi connectivity index (χ4v) is 3.41. The predicted molar refractivity (Wildman–Crippen MR) is 84.6 cm³/mol. The number of halogens is 3. The first-order valence-corrected chi connectivity index (χ1v) is 8.73. The summed E-state index contributed by atoms with van der Waals surface area (Å²) in [6, 6.07) is 7.31. The molecule has 0 saturated heterocycles. The standard InChI is InChI=1S/C15H12F3N5O2S/c16-15(17,18)13-3-1-2-4-14(13)26(24,25)20-9-11-10-23(22-21-11)12-5-7-19-8-6-12/h1-8,10,20H,9H2. The van der Waals surface area contributed by atoms with E-state index in [1.165, 1.54) is 16.9 Å². The fourth-order valence-electron chi connectivity index (χ4n) is 2.18. The van der Waals surface area contributed by atoms with E-state index in [9.17, 15) is 21.6 Å². The van der Waals surface area contributed by atoms with Crippen LogP contribution in [0.1, 0.15) is 11.3 Å². The molecule has 1 N–H and O–H groups in total. The number of sulfonamides is 1. The summed E-state index contributed by atoms with van der Waals surface area (Å²) in [5, 5.41) is 7.64. The third-order valence-electron chi connectivity index (χ3n) is 3.39. The molecule has 0 aliphatic carbocycles. The molecule has 1 aromatic carbocycles. The zero-order chi connectivity index (χ0) is 18.8. The number of hydrogen-bond acceptors (Lipinski definition) is 5. The molecule has 0 bridgehead atoms. The molecule has 7 nitrogen and oxygen atoms in total. The van der Waals surface area contributed by atoms with Crippen LogP contribution in [0.3, 0.4) is 0 Å². The minimum absolute atomic E-state index is 0.245. The van der Waals surface area contributed by atoms with Crippen LogP contribution in [0.15, 0.2) is 59.9 Å². The SMILES string of the molecule is O=S(=O)(NCc1cn(-c2ccncc2)nn1)c1ccccc1C(F)(F)F. The zero-order valence-corrected chi connectivity index (χ0v) is 13.9. The van der Waals surface area contributed by atoms with E-state index in [-0.39, 0.29) is 12.2 Å². The van der Waals surface area contributed by atoms with E-state index in [1.54, 1.807) is 24.5 Å². The average molecular weight is 383 g/mol. The quantitative estimate of drug-likeness (QED) is 0.729. The van der Waals surface area contributed by atoms with Crippen LogP contribution >= 0.6 is 0 Å². The van der Waals surface area contributed by atoms with Crippen molar-refractivity contribution < 1.29 is 21.6 Å². The van der Waals surface area contributed by atoms with Crippen LogP contribution in [-0.2, 0) is 22.7 Å². The van der Waals surface area contributed by atoms with Crippen molar-refractivity contribution in [3.05, 3.63) is 66.2 Å². The molecule has 3 rings (SSSR count). The van der Waals surface area contributed by atoms with Crippen LogP contribution in [0.4, 0.5) is 13.2 Å². The molecule has 0 aliphatic heterocycles. The Labute approximate surface area is 146 Å². The van der Waals surface area contributed by atoms with Gasteiger partial charge in [0.1, 0.15) is 0 Å². The van der Waals surface area contributed by atoms with Gasteiger partial charge in [0, 0.05) is 12.4 Å². The molecular weight excluding hydrogens is 371 g/mol. The highest BCUT2D eigenvalue weighted by molar-refractivity contribution is 7.89. The molecule has 0 atom stereocenters. The van der Waals surface area contributed by atoms with Gasteiger partial charge in [-0.1, -0.05) is 17.3 Å². The third-order valence-corrected chi connectivity index (χ3v) is 4.85. The number of alkyl halides is 3. The maximum atomic E-state index is 13.0. The molecule has 2 aromatic heterocycles. The number of pyridine rings is 1. The molecule has 0 aliphatic rings. The van der Waals surface area contributed by atoms with E-state index in [2.05, 4.69) is 20.0 Å². The Bertz CT molecular complexity index is 1000. The molecule has 11 heteroatoms. The van der Waals surface area contributed by atoms with Gasteiger partial charge in [0.2, 0.25) is 10.0 Å². The Morgan fingerprint density at radius 2 is 1.77 bits per heavy atom. The van der Waals surface area contributed by atoms with Gasteiger partial charge in [0.05, 0.1) is 34.6 Å². The Morgan fingerprint density at radius 3 is 2.46 bits per heavy atom. The third kappa shape index (κ3) is 3.89. The lowest BCUT2D eigenvalue weighted by atomic mass is 10.2. The van der Waals surface area contributed by atoms with Gasteiger partial charge in [-0.3, -0.25) is 4.98 Å². The van der Waals surface area contributed by atoms with Gasteiger partial charge in [-0.2, -0.15) is 13.2 Å². The normalized spacial score (nSPS) is 12.3.